The molecule has 1 unspecified atom stereocenters. The van der Waals surface area contributed by atoms with Gasteiger partial charge in [0.2, 0.25) is 0 Å². The Hall–Kier alpha value is -2.13. The lowest BCUT2D eigenvalue weighted by molar-refractivity contribution is -0.504. The Morgan fingerprint density at radius 1 is 1.00 bits per heavy atom. The van der Waals surface area contributed by atoms with Crippen molar-refractivity contribution in [3.05, 3.63) is 58.7 Å². The highest BCUT2D eigenvalue weighted by Gasteiger charge is 2.39. The molecule has 0 bridgehead atoms. The van der Waals surface area contributed by atoms with E-state index in [1.807, 2.05) is 20.8 Å². The van der Waals surface area contributed by atoms with Gasteiger partial charge in [0.05, 0.1) is 6.10 Å². The minimum absolute atomic E-state index is 0.0888. The number of allylic oxidation sites excluding steroid dienone is 5. The second kappa shape index (κ2) is 8.78. The van der Waals surface area contributed by atoms with Crippen LogP contribution in [0.15, 0.2) is 47.6 Å². The molecule has 0 aromatic heterocycles. The summed E-state index contributed by atoms with van der Waals surface area (Å²) in [5.41, 5.74) is 8.79. The Kier molecular flexibility index (Phi) is 6.25. The van der Waals surface area contributed by atoms with Crippen LogP contribution in [0, 0.1) is 0 Å². The van der Waals surface area contributed by atoms with Crippen molar-refractivity contribution < 1.29 is 9.68 Å². The monoisotopic (exact) mass is 419 g/mol. The van der Waals surface area contributed by atoms with E-state index >= 15 is 0 Å². The van der Waals surface area contributed by atoms with Gasteiger partial charge in [-0.1, -0.05) is 33.8 Å². The molecule has 1 aromatic rings. The van der Waals surface area contributed by atoms with Crippen molar-refractivity contribution in [2.45, 2.75) is 71.8 Å². The Morgan fingerprint density at radius 3 is 2.32 bits per heavy atom. The summed E-state index contributed by atoms with van der Waals surface area (Å²) in [6, 6.07) is 6.91. The average molecular weight is 420 g/mol. The minimum Gasteiger partial charge on any atom is -0.389 e. The fourth-order valence-electron chi connectivity index (χ4n) is 5.65. The summed E-state index contributed by atoms with van der Waals surface area (Å²) in [5.74, 6) is 0. The summed E-state index contributed by atoms with van der Waals surface area (Å²) in [6.07, 6.45) is 11.6. The third-order valence-corrected chi connectivity index (χ3v) is 7.29. The normalized spacial score (nSPS) is 22.6. The first kappa shape index (κ1) is 22.1. The molecule has 2 saturated heterocycles. The first-order chi connectivity index (χ1) is 15.0. The van der Waals surface area contributed by atoms with Crippen LogP contribution in [0.5, 0.6) is 0 Å². The van der Waals surface area contributed by atoms with E-state index in [-0.39, 0.29) is 5.41 Å². The second-order valence-electron chi connectivity index (χ2n) is 9.56. The standard InChI is InChI=1S/C26H33N2O.C2H6/c1-18(29)25-21-10-8-19(27-12-4-5-13-27)16-23(21)26(2,3)24-17-20(9-11-22(24)25)28-14-6-7-15-28;1-2/h8-11,16-18,29H,4-7,12-15H2,1-3H3;1-2H3/q+1;. The van der Waals surface area contributed by atoms with Crippen molar-refractivity contribution >= 4 is 17.0 Å². The molecule has 166 valence electrons. The van der Waals surface area contributed by atoms with Gasteiger partial charge in [-0.3, -0.25) is 0 Å². The number of aliphatic hydroxyl groups excluding tert-OH is 1. The van der Waals surface area contributed by atoms with E-state index in [0.717, 1.165) is 31.8 Å². The van der Waals surface area contributed by atoms with Crippen LogP contribution in [0.2, 0.25) is 0 Å². The molecule has 2 aliphatic heterocycles. The highest BCUT2D eigenvalue weighted by molar-refractivity contribution is 6.06. The highest BCUT2D eigenvalue weighted by atomic mass is 16.3. The predicted molar refractivity (Wildman–Crippen MR) is 132 cm³/mol. The Morgan fingerprint density at radius 2 is 1.68 bits per heavy atom. The van der Waals surface area contributed by atoms with Gasteiger partial charge >= 0.3 is 0 Å². The largest absolute Gasteiger partial charge is 0.389 e. The SMILES string of the molecule is CC.CC(O)C1=C2C=CC(=[N+]3CCCC3)C=C2C(C)(C)c2cc(N3CCCC3)ccc21. The van der Waals surface area contributed by atoms with Gasteiger partial charge in [-0.05, 0) is 65.8 Å². The molecule has 2 aliphatic carbocycles. The van der Waals surface area contributed by atoms with Gasteiger partial charge in [0.15, 0.2) is 5.71 Å². The lowest BCUT2D eigenvalue weighted by atomic mass is 9.64. The topological polar surface area (TPSA) is 26.5 Å². The number of fused-ring (bicyclic) bond motifs is 2. The van der Waals surface area contributed by atoms with Crippen LogP contribution in [0.1, 0.15) is 71.4 Å². The van der Waals surface area contributed by atoms with E-state index in [1.165, 1.54) is 59.4 Å². The molecular weight excluding hydrogens is 380 g/mol. The molecule has 0 spiro atoms. The maximum absolute atomic E-state index is 10.7. The molecule has 1 aromatic carbocycles. The lowest BCUT2D eigenvalue weighted by Gasteiger charge is -2.40. The van der Waals surface area contributed by atoms with Crippen LogP contribution in [-0.4, -0.2) is 47.7 Å². The number of hydrogen-bond acceptors (Lipinski definition) is 2. The second-order valence-corrected chi connectivity index (χ2v) is 9.56. The van der Waals surface area contributed by atoms with Crippen LogP contribution in [0.3, 0.4) is 0 Å². The quantitative estimate of drug-likeness (QED) is 0.642. The van der Waals surface area contributed by atoms with E-state index in [4.69, 9.17) is 0 Å². The van der Waals surface area contributed by atoms with E-state index in [9.17, 15) is 5.11 Å². The molecule has 3 heteroatoms. The molecule has 0 radical (unpaired) electrons. The van der Waals surface area contributed by atoms with E-state index in [1.54, 1.807) is 0 Å². The first-order valence-corrected chi connectivity index (χ1v) is 12.3. The third-order valence-electron chi connectivity index (χ3n) is 7.29. The fourth-order valence-corrected chi connectivity index (χ4v) is 5.65. The van der Waals surface area contributed by atoms with Crippen LogP contribution in [0.25, 0.3) is 5.57 Å². The molecule has 0 amide bonds. The number of hydrogen-bond donors (Lipinski definition) is 1. The summed E-state index contributed by atoms with van der Waals surface area (Å²) in [4.78, 5) is 2.51. The van der Waals surface area contributed by atoms with Crippen LogP contribution in [-0.2, 0) is 5.41 Å². The molecule has 1 N–H and O–H groups in total. The third kappa shape index (κ3) is 3.82. The molecule has 5 rings (SSSR count). The molecule has 3 nitrogen and oxygen atoms in total. The van der Waals surface area contributed by atoms with Gasteiger partial charge in [0.25, 0.3) is 0 Å². The van der Waals surface area contributed by atoms with Gasteiger partial charge in [-0.2, -0.15) is 0 Å². The summed E-state index contributed by atoms with van der Waals surface area (Å²) in [6.45, 7) is 15.2. The number of nitrogens with zero attached hydrogens (tertiary/aromatic N) is 2. The van der Waals surface area contributed by atoms with Crippen LogP contribution in [0.4, 0.5) is 5.69 Å². The highest BCUT2D eigenvalue weighted by Crippen LogP contribution is 2.49. The predicted octanol–water partition coefficient (Wildman–Crippen LogP) is 5.48. The van der Waals surface area contributed by atoms with Gasteiger partial charge in [0, 0.05) is 49.2 Å². The Balaban J connectivity index is 0.00000112. The molecule has 2 fully saturated rings. The summed E-state index contributed by atoms with van der Waals surface area (Å²) < 4.78 is 2.51. The average Bonchev–Trinajstić information content (AvgIpc) is 3.49. The number of anilines is 1. The van der Waals surface area contributed by atoms with Gasteiger partial charge < -0.3 is 10.0 Å². The molecule has 1 atom stereocenters. The van der Waals surface area contributed by atoms with Crippen molar-refractivity contribution in [3.8, 4) is 0 Å². The van der Waals surface area contributed by atoms with Gasteiger partial charge in [-0.15, -0.1) is 0 Å². The van der Waals surface area contributed by atoms with E-state index in [0.29, 0.717) is 0 Å². The molecule has 0 saturated carbocycles. The van der Waals surface area contributed by atoms with Crippen LogP contribution >= 0.6 is 0 Å². The number of rotatable bonds is 2. The fraction of sp³-hybridized carbons (Fsp3) is 0.536. The smallest absolute Gasteiger partial charge is 0.200 e. The van der Waals surface area contributed by atoms with Crippen molar-refractivity contribution in [1.29, 1.82) is 0 Å². The zero-order chi connectivity index (χ0) is 22.2. The van der Waals surface area contributed by atoms with Crippen molar-refractivity contribution in [1.82, 2.24) is 0 Å². The van der Waals surface area contributed by atoms with E-state index < -0.39 is 6.10 Å². The molecule has 2 heterocycles. The summed E-state index contributed by atoms with van der Waals surface area (Å²) in [5, 5.41) is 10.7. The zero-order valence-electron chi connectivity index (χ0n) is 20.0. The lowest BCUT2D eigenvalue weighted by Crippen LogP contribution is -2.32. The van der Waals surface area contributed by atoms with Crippen molar-refractivity contribution in [3.63, 3.8) is 0 Å². The van der Waals surface area contributed by atoms with Gasteiger partial charge in [0.1, 0.15) is 13.1 Å². The maximum Gasteiger partial charge on any atom is 0.200 e. The summed E-state index contributed by atoms with van der Waals surface area (Å²) in [7, 11) is 0. The molecular formula is C28H39N2O+. The molecule has 4 aliphatic rings. The van der Waals surface area contributed by atoms with Crippen molar-refractivity contribution in [2.75, 3.05) is 31.1 Å². The van der Waals surface area contributed by atoms with Crippen molar-refractivity contribution in [2.24, 2.45) is 0 Å². The minimum atomic E-state index is -0.487. The molecule has 31 heavy (non-hydrogen) atoms. The number of aliphatic hydroxyl groups is 1. The Labute approximate surface area is 188 Å². The zero-order valence-corrected chi connectivity index (χ0v) is 20.0. The summed E-state index contributed by atoms with van der Waals surface area (Å²) >= 11 is 0. The van der Waals surface area contributed by atoms with Gasteiger partial charge in [-0.25, -0.2) is 4.58 Å². The maximum atomic E-state index is 10.7. The Bertz CT molecular complexity index is 961. The van der Waals surface area contributed by atoms with E-state index in [2.05, 4.69) is 59.8 Å². The first-order valence-electron chi connectivity index (χ1n) is 12.3. The van der Waals surface area contributed by atoms with Crippen LogP contribution < -0.4 is 4.90 Å². The number of benzene rings is 1.